The van der Waals surface area contributed by atoms with E-state index in [1.54, 1.807) is 0 Å². The molecule has 1 aromatic heterocycles. The molecule has 0 atom stereocenters. The third kappa shape index (κ3) is 3.62. The lowest BCUT2D eigenvalue weighted by atomic mass is 9.79. The molecule has 0 spiro atoms. The van der Waals surface area contributed by atoms with Crippen molar-refractivity contribution in [1.29, 1.82) is 0 Å². The number of aromatic nitrogens is 2. The van der Waals surface area contributed by atoms with E-state index in [4.69, 9.17) is 4.52 Å². The molecule has 2 fully saturated rings. The average Bonchev–Trinajstić information content (AvgIpc) is 2.84. The number of amides is 1. The third-order valence-electron chi connectivity index (χ3n) is 4.93. The molecule has 2 aliphatic rings. The van der Waals surface area contributed by atoms with Crippen LogP contribution in [-0.2, 0) is 16.8 Å². The van der Waals surface area contributed by atoms with Crippen molar-refractivity contribution in [2.45, 2.75) is 64.0 Å². The molecule has 0 aromatic carbocycles. The summed E-state index contributed by atoms with van der Waals surface area (Å²) in [4.78, 5) is 21.0. The molecule has 0 radical (unpaired) electrons. The Morgan fingerprint density at radius 3 is 2.54 bits per heavy atom. The Bertz CT molecular complexity index is 589. The second kappa shape index (κ2) is 6.44. The van der Waals surface area contributed by atoms with Gasteiger partial charge in [0, 0.05) is 31.6 Å². The van der Waals surface area contributed by atoms with Gasteiger partial charge in [-0.25, -0.2) is 0 Å². The van der Waals surface area contributed by atoms with E-state index in [9.17, 15) is 9.90 Å². The first-order chi connectivity index (χ1) is 11.3. The molecule has 1 saturated carbocycles. The van der Waals surface area contributed by atoms with Gasteiger partial charge in [0.05, 0.1) is 6.54 Å². The lowest BCUT2D eigenvalue weighted by Gasteiger charge is -2.38. The summed E-state index contributed by atoms with van der Waals surface area (Å²) in [7, 11) is 0. The summed E-state index contributed by atoms with van der Waals surface area (Å²) in [6.45, 7) is 9.78. The molecule has 1 aliphatic carbocycles. The Balaban J connectivity index is 1.56. The summed E-state index contributed by atoms with van der Waals surface area (Å²) < 4.78 is 5.34. The van der Waals surface area contributed by atoms with Crippen LogP contribution in [0.3, 0.4) is 0 Å². The predicted molar refractivity (Wildman–Crippen MR) is 88.3 cm³/mol. The van der Waals surface area contributed by atoms with E-state index < -0.39 is 5.60 Å². The molecule has 7 heteroatoms. The highest BCUT2D eigenvalue weighted by Gasteiger charge is 2.44. The highest BCUT2D eigenvalue weighted by atomic mass is 16.5. The maximum absolute atomic E-state index is 12.5. The van der Waals surface area contributed by atoms with Gasteiger partial charge in [0.25, 0.3) is 5.91 Å². The minimum absolute atomic E-state index is 0.0924. The maximum atomic E-state index is 12.5. The summed E-state index contributed by atoms with van der Waals surface area (Å²) in [5.74, 6) is 1.25. The molecule has 1 aromatic rings. The van der Waals surface area contributed by atoms with Crippen LogP contribution in [0.1, 0.15) is 58.2 Å². The zero-order chi connectivity index (χ0) is 17.4. The molecule has 24 heavy (non-hydrogen) atoms. The monoisotopic (exact) mass is 336 g/mol. The van der Waals surface area contributed by atoms with Crippen molar-refractivity contribution in [1.82, 2.24) is 19.9 Å². The number of aliphatic hydroxyl groups is 1. The van der Waals surface area contributed by atoms with Crippen LogP contribution in [0, 0.1) is 0 Å². The molecular formula is C17H28N4O3. The van der Waals surface area contributed by atoms with Crippen LogP contribution in [-0.4, -0.2) is 62.7 Å². The number of rotatable bonds is 3. The van der Waals surface area contributed by atoms with E-state index in [0.29, 0.717) is 44.2 Å². The molecular weight excluding hydrogens is 308 g/mol. The molecule has 3 rings (SSSR count). The number of hydrogen-bond donors (Lipinski definition) is 1. The second-order valence-corrected chi connectivity index (χ2v) is 8.07. The first kappa shape index (κ1) is 17.4. The van der Waals surface area contributed by atoms with Crippen LogP contribution in [0.2, 0.25) is 0 Å². The molecule has 134 valence electrons. The van der Waals surface area contributed by atoms with Gasteiger partial charge in [-0.15, -0.1) is 0 Å². The Hall–Kier alpha value is -1.47. The minimum atomic E-state index is -1.09. The standard InChI is InChI=1S/C17H28N4O3/c1-16(2,3)14-18-13(19-24-14)12-20-8-5-9-21(11-10-20)15(22)17(23)6-4-7-17/h23H,4-12H2,1-3H3. The van der Waals surface area contributed by atoms with Crippen molar-refractivity contribution < 1.29 is 14.4 Å². The molecule has 1 aliphatic heterocycles. The van der Waals surface area contributed by atoms with Gasteiger partial charge >= 0.3 is 0 Å². The fraction of sp³-hybridized carbons (Fsp3) is 0.824. The topological polar surface area (TPSA) is 82.7 Å². The second-order valence-electron chi connectivity index (χ2n) is 8.07. The lowest BCUT2D eigenvalue weighted by molar-refractivity contribution is -0.160. The maximum Gasteiger partial charge on any atom is 0.254 e. The summed E-state index contributed by atoms with van der Waals surface area (Å²) in [6.07, 6.45) is 3.04. The smallest absolute Gasteiger partial charge is 0.254 e. The van der Waals surface area contributed by atoms with Gasteiger partial charge in [0.1, 0.15) is 5.60 Å². The fourth-order valence-corrected chi connectivity index (χ4v) is 3.17. The SMILES string of the molecule is CC(C)(C)c1nc(CN2CCCN(C(=O)C3(O)CCC3)CC2)no1. The normalized spacial score (nSPS) is 22.1. The highest BCUT2D eigenvalue weighted by Crippen LogP contribution is 2.33. The van der Waals surface area contributed by atoms with Crippen LogP contribution < -0.4 is 0 Å². The number of hydrogen-bond acceptors (Lipinski definition) is 6. The van der Waals surface area contributed by atoms with Crippen molar-refractivity contribution >= 4 is 5.91 Å². The average molecular weight is 336 g/mol. The summed E-state index contributed by atoms with van der Waals surface area (Å²) >= 11 is 0. The lowest BCUT2D eigenvalue weighted by Crippen LogP contribution is -2.54. The van der Waals surface area contributed by atoms with Gasteiger partial charge in [0.15, 0.2) is 5.82 Å². The predicted octanol–water partition coefficient (Wildman–Crippen LogP) is 1.32. The van der Waals surface area contributed by atoms with Crippen LogP contribution in [0.5, 0.6) is 0 Å². The summed E-state index contributed by atoms with van der Waals surface area (Å²) in [5.41, 5.74) is -1.24. The zero-order valence-corrected chi connectivity index (χ0v) is 14.9. The first-order valence-electron chi connectivity index (χ1n) is 8.85. The number of carbonyl (C=O) groups is 1. The Morgan fingerprint density at radius 1 is 1.21 bits per heavy atom. The van der Waals surface area contributed by atoms with E-state index in [-0.39, 0.29) is 11.3 Å². The van der Waals surface area contributed by atoms with Gasteiger partial charge < -0.3 is 14.5 Å². The molecule has 0 unspecified atom stereocenters. The Labute approximate surface area is 143 Å². The Morgan fingerprint density at radius 2 is 1.96 bits per heavy atom. The molecule has 2 heterocycles. The summed E-state index contributed by atoms with van der Waals surface area (Å²) in [6, 6.07) is 0. The molecule has 1 N–H and O–H groups in total. The molecule has 7 nitrogen and oxygen atoms in total. The van der Waals surface area contributed by atoms with Gasteiger partial charge in [-0.2, -0.15) is 4.98 Å². The van der Waals surface area contributed by atoms with Crippen LogP contribution >= 0.6 is 0 Å². The minimum Gasteiger partial charge on any atom is -0.380 e. The Kier molecular flexibility index (Phi) is 4.66. The van der Waals surface area contributed by atoms with Crippen molar-refractivity contribution in [2.24, 2.45) is 0 Å². The van der Waals surface area contributed by atoms with E-state index in [1.807, 2.05) is 25.7 Å². The van der Waals surface area contributed by atoms with E-state index in [0.717, 1.165) is 25.9 Å². The molecule has 1 amide bonds. The van der Waals surface area contributed by atoms with Gasteiger partial charge in [-0.1, -0.05) is 25.9 Å². The largest absolute Gasteiger partial charge is 0.380 e. The van der Waals surface area contributed by atoms with Crippen molar-refractivity contribution in [2.75, 3.05) is 26.2 Å². The van der Waals surface area contributed by atoms with Gasteiger partial charge in [-0.3, -0.25) is 9.69 Å². The number of nitrogens with zero attached hydrogens (tertiary/aromatic N) is 4. The number of carbonyl (C=O) groups excluding carboxylic acids is 1. The third-order valence-corrected chi connectivity index (χ3v) is 4.93. The molecule has 0 bridgehead atoms. The van der Waals surface area contributed by atoms with Crippen molar-refractivity contribution in [3.63, 3.8) is 0 Å². The van der Waals surface area contributed by atoms with E-state index in [1.165, 1.54) is 0 Å². The van der Waals surface area contributed by atoms with Gasteiger partial charge in [-0.05, 0) is 25.7 Å². The molecule has 1 saturated heterocycles. The van der Waals surface area contributed by atoms with Crippen molar-refractivity contribution in [3.8, 4) is 0 Å². The summed E-state index contributed by atoms with van der Waals surface area (Å²) in [5, 5.41) is 14.3. The quantitative estimate of drug-likeness (QED) is 0.896. The van der Waals surface area contributed by atoms with E-state index in [2.05, 4.69) is 15.0 Å². The fourth-order valence-electron chi connectivity index (χ4n) is 3.17. The van der Waals surface area contributed by atoms with Crippen LogP contribution in [0.25, 0.3) is 0 Å². The van der Waals surface area contributed by atoms with E-state index >= 15 is 0 Å². The van der Waals surface area contributed by atoms with Crippen LogP contribution in [0.15, 0.2) is 4.52 Å². The van der Waals surface area contributed by atoms with Crippen LogP contribution in [0.4, 0.5) is 0 Å². The highest BCUT2D eigenvalue weighted by molar-refractivity contribution is 5.86. The zero-order valence-electron chi connectivity index (χ0n) is 14.9. The first-order valence-corrected chi connectivity index (χ1v) is 8.85. The van der Waals surface area contributed by atoms with Crippen molar-refractivity contribution in [3.05, 3.63) is 11.7 Å². The van der Waals surface area contributed by atoms with Gasteiger partial charge in [0.2, 0.25) is 5.89 Å².